The zero-order chi connectivity index (χ0) is 24.9. The van der Waals surface area contributed by atoms with Crippen LogP contribution >= 0.6 is 11.3 Å². The number of anilines is 1. The van der Waals surface area contributed by atoms with E-state index in [1.807, 2.05) is 54.8 Å². The number of benzene rings is 2. The van der Waals surface area contributed by atoms with Gasteiger partial charge in [-0.25, -0.2) is 0 Å². The summed E-state index contributed by atoms with van der Waals surface area (Å²) in [4.78, 5) is 18.5. The number of aliphatic hydroxyl groups excluding tert-OH is 1. The van der Waals surface area contributed by atoms with Crippen LogP contribution in [0.3, 0.4) is 0 Å². The van der Waals surface area contributed by atoms with Crippen molar-refractivity contribution in [3.8, 4) is 0 Å². The van der Waals surface area contributed by atoms with E-state index in [9.17, 15) is 9.90 Å². The molecule has 3 N–H and O–H groups in total. The normalized spacial score (nSPS) is 15.2. The van der Waals surface area contributed by atoms with Crippen molar-refractivity contribution in [2.75, 3.05) is 44.6 Å². The maximum Gasteiger partial charge on any atom is 0.266 e. The quantitative estimate of drug-likeness (QED) is 0.332. The van der Waals surface area contributed by atoms with Crippen molar-refractivity contribution in [1.29, 1.82) is 0 Å². The highest BCUT2D eigenvalue weighted by molar-refractivity contribution is 7.12. The van der Waals surface area contributed by atoms with Crippen LogP contribution in [-0.4, -0.2) is 70.3 Å². The summed E-state index contributed by atoms with van der Waals surface area (Å²) in [6.07, 6.45) is 4.00. The third kappa shape index (κ3) is 5.57. The molecular weight excluding hydrogens is 470 g/mol. The van der Waals surface area contributed by atoms with E-state index >= 15 is 0 Å². The van der Waals surface area contributed by atoms with E-state index < -0.39 is 0 Å². The number of aryl methyl sites for hydroxylation is 1. The second-order valence-electron chi connectivity index (χ2n) is 9.14. The lowest BCUT2D eigenvalue weighted by Crippen LogP contribution is -2.46. The average Bonchev–Trinajstić information content (AvgIpc) is 3.51. The highest BCUT2D eigenvalue weighted by atomic mass is 32.1. The van der Waals surface area contributed by atoms with Crippen LogP contribution in [0.25, 0.3) is 23.1 Å². The molecule has 0 saturated carbocycles. The predicted octanol–water partition coefficient (Wildman–Crippen LogP) is 4.47. The van der Waals surface area contributed by atoms with Gasteiger partial charge in [0.05, 0.1) is 22.7 Å². The van der Waals surface area contributed by atoms with Crippen molar-refractivity contribution >= 4 is 46.0 Å². The van der Waals surface area contributed by atoms with Gasteiger partial charge in [-0.05, 0) is 53.3 Å². The smallest absolute Gasteiger partial charge is 0.266 e. The van der Waals surface area contributed by atoms with Gasteiger partial charge in [0.2, 0.25) is 0 Å². The van der Waals surface area contributed by atoms with Crippen LogP contribution in [0, 0.1) is 6.92 Å². The molecule has 4 aromatic rings. The number of piperazine rings is 1. The van der Waals surface area contributed by atoms with Gasteiger partial charge >= 0.3 is 0 Å². The number of amides is 1. The van der Waals surface area contributed by atoms with Crippen molar-refractivity contribution < 1.29 is 9.90 Å². The zero-order valence-corrected chi connectivity index (χ0v) is 21.2. The number of H-pyrrole nitrogens is 1. The second kappa shape index (κ2) is 11.2. The first kappa shape index (κ1) is 24.4. The minimum Gasteiger partial charge on any atom is -0.395 e. The summed E-state index contributed by atoms with van der Waals surface area (Å²) in [5.74, 6) is -0.0860. The fourth-order valence-corrected chi connectivity index (χ4v) is 5.41. The number of rotatable bonds is 8. The molecule has 0 aliphatic carbocycles. The summed E-state index contributed by atoms with van der Waals surface area (Å²) in [6, 6.07) is 16.3. The van der Waals surface area contributed by atoms with E-state index in [0.29, 0.717) is 0 Å². The molecule has 0 atom stereocenters. The summed E-state index contributed by atoms with van der Waals surface area (Å²) < 4.78 is 0. The maximum atomic E-state index is 13.1. The zero-order valence-electron chi connectivity index (χ0n) is 20.4. The van der Waals surface area contributed by atoms with Crippen molar-refractivity contribution in [2.24, 2.45) is 0 Å². The van der Waals surface area contributed by atoms with E-state index in [2.05, 4.69) is 43.5 Å². The highest BCUT2D eigenvalue weighted by Crippen LogP contribution is 2.25. The number of para-hydroxylation sites is 1. The van der Waals surface area contributed by atoms with Gasteiger partial charge in [0, 0.05) is 50.3 Å². The van der Waals surface area contributed by atoms with Crippen molar-refractivity contribution in [3.05, 3.63) is 81.2 Å². The predicted molar refractivity (Wildman–Crippen MR) is 147 cm³/mol. The minimum atomic E-state index is -0.0860. The van der Waals surface area contributed by atoms with Gasteiger partial charge in [-0.2, -0.15) is 5.10 Å². The Hall–Kier alpha value is -3.30. The fourth-order valence-electron chi connectivity index (χ4n) is 4.59. The van der Waals surface area contributed by atoms with Gasteiger partial charge in [-0.1, -0.05) is 36.4 Å². The van der Waals surface area contributed by atoms with E-state index in [1.165, 1.54) is 11.3 Å². The van der Waals surface area contributed by atoms with Crippen molar-refractivity contribution in [2.45, 2.75) is 13.5 Å². The number of β-amino-alcohol motifs (C(OH)–C–C–N with tert-alkyl or cyclic N) is 1. The molecule has 0 bridgehead atoms. The van der Waals surface area contributed by atoms with Crippen LogP contribution in [-0.2, 0) is 6.54 Å². The number of hydrogen-bond acceptors (Lipinski definition) is 6. The molecule has 1 fully saturated rings. The molecule has 3 heterocycles. The summed E-state index contributed by atoms with van der Waals surface area (Å²) in [7, 11) is 0. The first-order valence-corrected chi connectivity index (χ1v) is 13.1. The molecule has 1 saturated heterocycles. The van der Waals surface area contributed by atoms with E-state index in [1.54, 1.807) is 0 Å². The molecule has 1 aliphatic rings. The molecule has 5 rings (SSSR count). The second-order valence-corrected chi connectivity index (χ2v) is 10.1. The number of carbonyl (C=O) groups is 1. The molecule has 0 unspecified atom stereocenters. The molecule has 8 heteroatoms. The fraction of sp³-hybridized carbons (Fsp3) is 0.286. The van der Waals surface area contributed by atoms with Gasteiger partial charge in [-0.3, -0.25) is 19.7 Å². The number of carbonyl (C=O) groups excluding carboxylic acids is 1. The Morgan fingerprint density at radius 1 is 1.11 bits per heavy atom. The minimum absolute atomic E-state index is 0.0860. The summed E-state index contributed by atoms with van der Waals surface area (Å²) in [5.41, 5.74) is 5.72. The first-order valence-electron chi connectivity index (χ1n) is 12.3. The largest absolute Gasteiger partial charge is 0.395 e. The summed E-state index contributed by atoms with van der Waals surface area (Å²) in [6.45, 7) is 7.56. The number of hydrogen-bond donors (Lipinski definition) is 3. The number of nitrogens with zero attached hydrogens (tertiary/aromatic N) is 3. The number of aromatic nitrogens is 2. The van der Waals surface area contributed by atoms with Gasteiger partial charge in [-0.15, -0.1) is 11.3 Å². The van der Waals surface area contributed by atoms with Gasteiger partial charge < -0.3 is 10.4 Å². The molecule has 1 amide bonds. The monoisotopic (exact) mass is 501 g/mol. The molecule has 2 aromatic heterocycles. The van der Waals surface area contributed by atoms with Crippen LogP contribution in [0.5, 0.6) is 0 Å². The number of thiophene rings is 1. The molecular formula is C28H31N5O2S. The standard InChI is InChI=1S/C28H31N5O2S/c1-20-10-17-36-27(20)28(35)29-26-18-21(19-33-13-11-32(12-14-33)15-16-34)6-7-22(26)8-9-25-23-4-2-3-5-24(23)30-31-25/h2-10,17-18,34H,11-16,19H2,1H3,(H,29,35)(H,30,31). The Labute approximate surface area is 215 Å². The number of aliphatic hydroxyl groups is 1. The van der Waals surface area contributed by atoms with Crippen LogP contribution < -0.4 is 5.32 Å². The Balaban J connectivity index is 1.38. The van der Waals surface area contributed by atoms with E-state index in [0.717, 1.165) is 83.1 Å². The third-order valence-corrected chi connectivity index (χ3v) is 7.66. The number of fused-ring (bicyclic) bond motifs is 1. The molecule has 2 aromatic carbocycles. The lowest BCUT2D eigenvalue weighted by atomic mass is 10.1. The van der Waals surface area contributed by atoms with Crippen LogP contribution in [0.2, 0.25) is 0 Å². The lowest BCUT2D eigenvalue weighted by molar-refractivity contribution is 0.102. The third-order valence-electron chi connectivity index (χ3n) is 6.64. The van der Waals surface area contributed by atoms with Gasteiger partial charge in [0.15, 0.2) is 0 Å². The highest BCUT2D eigenvalue weighted by Gasteiger charge is 2.18. The molecule has 36 heavy (non-hydrogen) atoms. The van der Waals surface area contributed by atoms with Crippen molar-refractivity contribution in [3.63, 3.8) is 0 Å². The van der Waals surface area contributed by atoms with Crippen molar-refractivity contribution in [1.82, 2.24) is 20.0 Å². The van der Waals surface area contributed by atoms with Crippen LogP contribution in [0.1, 0.15) is 32.1 Å². The van der Waals surface area contributed by atoms with Crippen LogP contribution in [0.4, 0.5) is 5.69 Å². The first-order chi connectivity index (χ1) is 17.6. The summed E-state index contributed by atoms with van der Waals surface area (Å²) in [5, 5.41) is 22.9. The van der Waals surface area contributed by atoms with E-state index in [-0.39, 0.29) is 12.5 Å². The Kier molecular flexibility index (Phi) is 7.58. The van der Waals surface area contributed by atoms with Crippen LogP contribution in [0.15, 0.2) is 53.9 Å². The summed E-state index contributed by atoms with van der Waals surface area (Å²) >= 11 is 1.46. The van der Waals surface area contributed by atoms with Gasteiger partial charge in [0.25, 0.3) is 5.91 Å². The molecule has 1 aliphatic heterocycles. The number of aromatic amines is 1. The average molecular weight is 502 g/mol. The molecule has 0 spiro atoms. The van der Waals surface area contributed by atoms with Gasteiger partial charge in [0.1, 0.15) is 0 Å². The molecule has 186 valence electrons. The lowest BCUT2D eigenvalue weighted by Gasteiger charge is -2.34. The Bertz CT molecular complexity index is 1370. The molecule has 7 nitrogen and oxygen atoms in total. The Morgan fingerprint density at radius 2 is 1.92 bits per heavy atom. The maximum absolute atomic E-state index is 13.1. The number of nitrogens with one attached hydrogen (secondary N) is 2. The topological polar surface area (TPSA) is 84.5 Å². The SMILES string of the molecule is Cc1ccsc1C(=O)Nc1cc(CN2CCN(CCO)CC2)ccc1C=Cc1n[nH]c2ccccc12. The molecule has 0 radical (unpaired) electrons. The Morgan fingerprint density at radius 3 is 2.69 bits per heavy atom. The van der Waals surface area contributed by atoms with E-state index in [4.69, 9.17) is 0 Å².